The number of hydrogen-bond acceptors (Lipinski definition) is 2. The molecule has 0 radical (unpaired) electrons. The van der Waals surface area contributed by atoms with Gasteiger partial charge in [0.25, 0.3) is 0 Å². The second-order valence-electron chi connectivity index (χ2n) is 4.32. The van der Waals surface area contributed by atoms with Gasteiger partial charge in [-0.25, -0.2) is 13.6 Å². The number of hydrogen-bond donors (Lipinski definition) is 1. The van der Waals surface area contributed by atoms with E-state index in [0.717, 1.165) is 16.7 Å². The lowest BCUT2D eigenvalue weighted by atomic mass is 10.0. The molecular weight excluding hydrogens is 246 g/mol. The van der Waals surface area contributed by atoms with E-state index in [1.807, 2.05) is 49.4 Å². The highest BCUT2D eigenvalue weighted by molar-refractivity contribution is 7.89. The lowest BCUT2D eigenvalue weighted by molar-refractivity contribution is 0.597. The van der Waals surface area contributed by atoms with E-state index in [1.54, 1.807) is 6.07 Å². The molecule has 18 heavy (non-hydrogen) atoms. The molecule has 0 unspecified atom stereocenters. The smallest absolute Gasteiger partial charge is 0.225 e. The van der Waals surface area contributed by atoms with Gasteiger partial charge in [-0.15, -0.1) is 0 Å². The first-order valence-corrected chi connectivity index (χ1v) is 7.18. The fourth-order valence-electron chi connectivity index (χ4n) is 1.89. The van der Waals surface area contributed by atoms with E-state index in [4.69, 9.17) is 5.14 Å². The zero-order chi connectivity index (χ0) is 13.2. The Morgan fingerprint density at radius 1 is 1.06 bits per heavy atom. The van der Waals surface area contributed by atoms with Crippen LogP contribution in [0, 0.1) is 6.92 Å². The zero-order valence-corrected chi connectivity index (χ0v) is 10.9. The van der Waals surface area contributed by atoms with Gasteiger partial charge in [-0.2, -0.15) is 0 Å². The highest BCUT2D eigenvalue weighted by atomic mass is 32.2. The predicted octanol–water partition coefficient (Wildman–Crippen LogP) is 2.23. The first-order chi connectivity index (χ1) is 8.47. The summed E-state index contributed by atoms with van der Waals surface area (Å²) in [6.07, 6.45) is 0.562. The van der Waals surface area contributed by atoms with Crippen LogP contribution >= 0.6 is 0 Å². The van der Waals surface area contributed by atoms with Gasteiger partial charge in [-0.3, -0.25) is 0 Å². The van der Waals surface area contributed by atoms with Crippen molar-refractivity contribution < 1.29 is 8.42 Å². The Bertz CT molecular complexity index is 649. The molecule has 2 aromatic rings. The minimum atomic E-state index is -3.68. The quantitative estimate of drug-likeness (QED) is 0.921. The van der Waals surface area contributed by atoms with Crippen LogP contribution in [-0.4, -0.2) is 8.42 Å². The lowest BCUT2D eigenvalue weighted by Gasteiger charge is -2.09. The molecule has 4 heteroatoms. The maximum absolute atomic E-state index is 11.6. The highest BCUT2D eigenvalue weighted by Gasteiger charge is 2.14. The summed E-state index contributed by atoms with van der Waals surface area (Å²) >= 11 is 0. The van der Waals surface area contributed by atoms with Crippen molar-refractivity contribution in [3.8, 4) is 0 Å². The molecule has 0 heterocycles. The summed E-state index contributed by atoms with van der Waals surface area (Å²) in [5, 5.41) is 5.25. The summed E-state index contributed by atoms with van der Waals surface area (Å²) in [5.74, 6) is 0. The molecule has 0 aliphatic carbocycles. The number of nitrogens with two attached hydrogens (primary N) is 1. The van der Waals surface area contributed by atoms with E-state index >= 15 is 0 Å². The van der Waals surface area contributed by atoms with Crippen LogP contribution < -0.4 is 5.14 Å². The van der Waals surface area contributed by atoms with E-state index < -0.39 is 10.0 Å². The van der Waals surface area contributed by atoms with Crippen LogP contribution in [0.15, 0.2) is 53.4 Å². The Kier molecular flexibility index (Phi) is 3.50. The molecule has 0 amide bonds. The van der Waals surface area contributed by atoms with Crippen molar-refractivity contribution in [3.63, 3.8) is 0 Å². The minimum Gasteiger partial charge on any atom is -0.225 e. The van der Waals surface area contributed by atoms with Crippen LogP contribution in [0.1, 0.15) is 16.7 Å². The van der Waals surface area contributed by atoms with Crippen molar-refractivity contribution >= 4 is 10.0 Å². The molecular formula is C14H15NO2S. The molecule has 0 saturated heterocycles. The van der Waals surface area contributed by atoms with Gasteiger partial charge in [0.15, 0.2) is 0 Å². The van der Waals surface area contributed by atoms with Crippen LogP contribution in [-0.2, 0) is 16.4 Å². The third-order valence-corrected chi connectivity index (χ3v) is 3.76. The van der Waals surface area contributed by atoms with Crippen LogP contribution in [0.4, 0.5) is 0 Å². The molecule has 0 aliphatic heterocycles. The van der Waals surface area contributed by atoms with Gasteiger partial charge in [0.2, 0.25) is 10.0 Å². The average Bonchev–Trinajstić information content (AvgIpc) is 2.31. The maximum Gasteiger partial charge on any atom is 0.238 e. The standard InChI is InChI=1S/C14H15NO2S/c1-11-7-8-13(14(9-11)18(15,16)17)10-12-5-3-2-4-6-12/h2-9H,10H2,1H3,(H2,15,16,17). The minimum absolute atomic E-state index is 0.214. The highest BCUT2D eigenvalue weighted by Crippen LogP contribution is 2.19. The Labute approximate surface area is 107 Å². The molecule has 0 fully saturated rings. The van der Waals surface area contributed by atoms with Crippen molar-refractivity contribution in [3.05, 3.63) is 65.2 Å². The number of rotatable bonds is 3. The Balaban J connectivity index is 2.46. The third-order valence-electron chi connectivity index (χ3n) is 2.77. The summed E-state index contributed by atoms with van der Waals surface area (Å²) in [7, 11) is -3.68. The second kappa shape index (κ2) is 4.92. The summed E-state index contributed by atoms with van der Waals surface area (Å²) in [4.78, 5) is 0.214. The molecule has 0 saturated carbocycles. The van der Waals surface area contributed by atoms with Crippen molar-refractivity contribution in [1.82, 2.24) is 0 Å². The summed E-state index contributed by atoms with van der Waals surface area (Å²) in [5.41, 5.74) is 2.68. The second-order valence-corrected chi connectivity index (χ2v) is 5.85. The van der Waals surface area contributed by atoms with Crippen LogP contribution in [0.5, 0.6) is 0 Å². The van der Waals surface area contributed by atoms with Crippen LogP contribution in [0.25, 0.3) is 0 Å². The first kappa shape index (κ1) is 12.8. The van der Waals surface area contributed by atoms with Crippen LogP contribution in [0.3, 0.4) is 0 Å². The van der Waals surface area contributed by atoms with Gasteiger partial charge < -0.3 is 0 Å². The topological polar surface area (TPSA) is 60.2 Å². The largest absolute Gasteiger partial charge is 0.238 e. The molecule has 2 rings (SSSR count). The fourth-order valence-corrected chi connectivity index (χ4v) is 2.74. The zero-order valence-electron chi connectivity index (χ0n) is 10.1. The van der Waals surface area contributed by atoms with Gasteiger partial charge in [-0.1, -0.05) is 42.5 Å². The molecule has 3 nitrogen and oxygen atoms in total. The van der Waals surface area contributed by atoms with E-state index in [1.165, 1.54) is 0 Å². The fraction of sp³-hybridized carbons (Fsp3) is 0.143. The Hall–Kier alpha value is -1.65. The number of aryl methyl sites for hydroxylation is 1. The number of benzene rings is 2. The lowest BCUT2D eigenvalue weighted by Crippen LogP contribution is -2.15. The average molecular weight is 261 g/mol. The van der Waals surface area contributed by atoms with Crippen molar-refractivity contribution in [2.45, 2.75) is 18.2 Å². The third kappa shape index (κ3) is 2.97. The van der Waals surface area contributed by atoms with Crippen LogP contribution in [0.2, 0.25) is 0 Å². The Morgan fingerprint density at radius 3 is 2.33 bits per heavy atom. The van der Waals surface area contributed by atoms with E-state index in [0.29, 0.717) is 6.42 Å². The van der Waals surface area contributed by atoms with Gasteiger partial charge >= 0.3 is 0 Å². The molecule has 0 atom stereocenters. The molecule has 94 valence electrons. The SMILES string of the molecule is Cc1ccc(Cc2ccccc2)c(S(N)(=O)=O)c1. The molecule has 0 spiro atoms. The maximum atomic E-state index is 11.6. The van der Waals surface area contributed by atoms with E-state index in [2.05, 4.69) is 0 Å². The van der Waals surface area contributed by atoms with Gasteiger partial charge in [0.1, 0.15) is 0 Å². The van der Waals surface area contributed by atoms with Crippen molar-refractivity contribution in [2.75, 3.05) is 0 Å². The predicted molar refractivity (Wildman–Crippen MR) is 71.8 cm³/mol. The monoisotopic (exact) mass is 261 g/mol. The first-order valence-electron chi connectivity index (χ1n) is 5.63. The van der Waals surface area contributed by atoms with E-state index in [9.17, 15) is 8.42 Å². The molecule has 0 bridgehead atoms. The van der Waals surface area contributed by atoms with Gasteiger partial charge in [0.05, 0.1) is 4.90 Å². The van der Waals surface area contributed by atoms with Gasteiger partial charge in [-0.05, 0) is 36.1 Å². The molecule has 0 aromatic heterocycles. The number of sulfonamides is 1. The summed E-state index contributed by atoms with van der Waals surface area (Å²) in [6, 6.07) is 15.1. The van der Waals surface area contributed by atoms with Crippen molar-refractivity contribution in [2.24, 2.45) is 5.14 Å². The van der Waals surface area contributed by atoms with Crippen molar-refractivity contribution in [1.29, 1.82) is 0 Å². The summed E-state index contributed by atoms with van der Waals surface area (Å²) < 4.78 is 23.1. The normalized spacial score (nSPS) is 11.4. The molecule has 0 aliphatic rings. The molecule has 2 aromatic carbocycles. The summed E-state index contributed by atoms with van der Waals surface area (Å²) in [6.45, 7) is 1.85. The molecule has 2 N–H and O–H groups in total. The van der Waals surface area contributed by atoms with Gasteiger partial charge in [0, 0.05) is 0 Å². The van der Waals surface area contributed by atoms with E-state index in [-0.39, 0.29) is 4.90 Å². The number of primary sulfonamides is 1. The Morgan fingerprint density at radius 2 is 1.72 bits per heavy atom.